The maximum atomic E-state index is 11.5. The Morgan fingerprint density at radius 2 is 2.07 bits per heavy atom. The lowest BCUT2D eigenvalue weighted by molar-refractivity contribution is -0.136. The fourth-order valence-electron chi connectivity index (χ4n) is 1.10. The highest BCUT2D eigenvalue weighted by Gasteiger charge is 2.30. The topological polar surface area (TPSA) is 97.5 Å². The van der Waals surface area contributed by atoms with Crippen molar-refractivity contribution < 1.29 is 18.3 Å². The zero-order chi connectivity index (χ0) is 11.2. The van der Waals surface area contributed by atoms with Gasteiger partial charge < -0.3 is 10.8 Å². The van der Waals surface area contributed by atoms with Gasteiger partial charge in [0.15, 0.2) is 15.1 Å². The molecule has 0 aromatic carbocycles. The summed E-state index contributed by atoms with van der Waals surface area (Å²) in [5.41, 5.74) is 5.16. The van der Waals surface area contributed by atoms with Gasteiger partial charge in [-0.25, -0.2) is 8.42 Å². The number of aliphatic carboxylic acids is 1. The summed E-state index contributed by atoms with van der Waals surface area (Å²) in [6.45, 7) is 1.93. The number of sulfone groups is 1. The molecule has 0 aromatic heterocycles. The zero-order valence-corrected chi connectivity index (χ0v) is 9.09. The fraction of sp³-hybridized carbons (Fsp3) is 0.875. The van der Waals surface area contributed by atoms with Gasteiger partial charge in [-0.1, -0.05) is 13.3 Å². The molecule has 0 aliphatic carbocycles. The second-order valence-electron chi connectivity index (χ2n) is 3.12. The van der Waals surface area contributed by atoms with Crippen LogP contribution in [0.5, 0.6) is 0 Å². The number of hydrogen-bond donors (Lipinski definition) is 2. The van der Waals surface area contributed by atoms with E-state index in [0.717, 1.165) is 6.42 Å². The lowest BCUT2D eigenvalue weighted by Gasteiger charge is -2.11. The molecule has 0 saturated carbocycles. The van der Waals surface area contributed by atoms with Crippen molar-refractivity contribution in [1.29, 1.82) is 0 Å². The SMILES string of the molecule is CCCCS(=O)(=O)C(CCN)C(=O)O. The van der Waals surface area contributed by atoms with Gasteiger partial charge in [-0.3, -0.25) is 4.79 Å². The summed E-state index contributed by atoms with van der Waals surface area (Å²) in [7, 11) is -3.53. The number of carboxylic acids is 1. The molecule has 0 heterocycles. The third-order valence-electron chi connectivity index (χ3n) is 1.92. The van der Waals surface area contributed by atoms with E-state index in [2.05, 4.69) is 0 Å². The molecular weight excluding hydrogens is 206 g/mol. The number of carboxylic acid groups (broad SMARTS) is 1. The predicted molar refractivity (Wildman–Crippen MR) is 53.8 cm³/mol. The second kappa shape index (κ2) is 5.98. The maximum absolute atomic E-state index is 11.5. The van der Waals surface area contributed by atoms with Crippen LogP contribution in [0.4, 0.5) is 0 Å². The first kappa shape index (κ1) is 13.4. The summed E-state index contributed by atoms with van der Waals surface area (Å²) in [5.74, 6) is -1.37. The molecule has 84 valence electrons. The Morgan fingerprint density at radius 1 is 1.50 bits per heavy atom. The molecule has 0 aliphatic heterocycles. The van der Waals surface area contributed by atoms with Crippen molar-refractivity contribution in [2.45, 2.75) is 31.4 Å². The monoisotopic (exact) mass is 223 g/mol. The fourth-order valence-corrected chi connectivity index (χ4v) is 2.87. The molecule has 6 heteroatoms. The Labute approximate surface area is 84.2 Å². The van der Waals surface area contributed by atoms with E-state index in [-0.39, 0.29) is 18.7 Å². The van der Waals surface area contributed by atoms with E-state index in [4.69, 9.17) is 10.8 Å². The minimum atomic E-state index is -3.53. The van der Waals surface area contributed by atoms with Gasteiger partial charge in [0.2, 0.25) is 0 Å². The van der Waals surface area contributed by atoms with Crippen LogP contribution in [0.1, 0.15) is 26.2 Å². The maximum Gasteiger partial charge on any atom is 0.321 e. The van der Waals surface area contributed by atoms with E-state index in [0.29, 0.717) is 6.42 Å². The molecule has 0 aliphatic rings. The molecule has 0 aromatic rings. The van der Waals surface area contributed by atoms with Gasteiger partial charge in [0.05, 0.1) is 5.75 Å². The average molecular weight is 223 g/mol. The van der Waals surface area contributed by atoms with Gasteiger partial charge in [0, 0.05) is 0 Å². The van der Waals surface area contributed by atoms with Crippen LogP contribution in [0.2, 0.25) is 0 Å². The number of nitrogens with two attached hydrogens (primary N) is 1. The first-order chi connectivity index (χ1) is 6.45. The largest absolute Gasteiger partial charge is 0.480 e. The molecule has 0 bridgehead atoms. The highest BCUT2D eigenvalue weighted by atomic mass is 32.2. The van der Waals surface area contributed by atoms with E-state index in [1.165, 1.54) is 0 Å². The van der Waals surface area contributed by atoms with Crippen LogP contribution in [0.15, 0.2) is 0 Å². The number of unbranched alkanes of at least 4 members (excludes halogenated alkanes) is 1. The lowest BCUT2D eigenvalue weighted by Crippen LogP contribution is -2.34. The van der Waals surface area contributed by atoms with Crippen molar-refractivity contribution in [1.82, 2.24) is 0 Å². The van der Waals surface area contributed by atoms with Crippen molar-refractivity contribution >= 4 is 15.8 Å². The molecular formula is C8H17NO4S. The number of hydrogen-bond acceptors (Lipinski definition) is 4. The minimum Gasteiger partial charge on any atom is -0.480 e. The van der Waals surface area contributed by atoms with E-state index < -0.39 is 21.1 Å². The van der Waals surface area contributed by atoms with Crippen molar-refractivity contribution in [2.24, 2.45) is 5.73 Å². The van der Waals surface area contributed by atoms with Crippen LogP contribution >= 0.6 is 0 Å². The Kier molecular flexibility index (Phi) is 5.71. The third-order valence-corrected chi connectivity index (χ3v) is 4.08. The summed E-state index contributed by atoms with van der Waals surface area (Å²) in [6.07, 6.45) is 1.21. The van der Waals surface area contributed by atoms with E-state index in [1.807, 2.05) is 6.92 Å². The minimum absolute atomic E-state index is 0.0125. The van der Waals surface area contributed by atoms with Gasteiger partial charge in [0.25, 0.3) is 0 Å². The van der Waals surface area contributed by atoms with Crippen molar-refractivity contribution in [3.8, 4) is 0 Å². The van der Waals surface area contributed by atoms with Crippen LogP contribution in [-0.2, 0) is 14.6 Å². The highest BCUT2D eigenvalue weighted by molar-refractivity contribution is 7.92. The van der Waals surface area contributed by atoms with Crippen molar-refractivity contribution in [3.63, 3.8) is 0 Å². The first-order valence-electron chi connectivity index (χ1n) is 4.60. The molecule has 0 spiro atoms. The predicted octanol–water partition coefficient (Wildman–Crippen LogP) is 0.00330. The molecule has 0 rings (SSSR count). The molecule has 0 fully saturated rings. The third kappa shape index (κ3) is 4.06. The summed E-state index contributed by atoms with van der Waals surface area (Å²) >= 11 is 0. The summed E-state index contributed by atoms with van der Waals surface area (Å²) in [5, 5.41) is 7.37. The normalized spacial score (nSPS) is 13.9. The Balaban J connectivity index is 4.55. The smallest absolute Gasteiger partial charge is 0.321 e. The number of rotatable bonds is 7. The van der Waals surface area contributed by atoms with Crippen LogP contribution in [0.3, 0.4) is 0 Å². The molecule has 1 unspecified atom stereocenters. The van der Waals surface area contributed by atoms with E-state index >= 15 is 0 Å². The molecule has 1 atom stereocenters. The van der Waals surface area contributed by atoms with Crippen LogP contribution in [0, 0.1) is 0 Å². The van der Waals surface area contributed by atoms with Crippen LogP contribution < -0.4 is 5.73 Å². The molecule has 0 amide bonds. The van der Waals surface area contributed by atoms with Crippen LogP contribution in [-0.4, -0.2) is 37.0 Å². The van der Waals surface area contributed by atoms with Gasteiger partial charge >= 0.3 is 5.97 Å². The van der Waals surface area contributed by atoms with E-state index in [1.54, 1.807) is 0 Å². The Bertz CT molecular complexity index is 273. The summed E-state index contributed by atoms with van der Waals surface area (Å²) in [6, 6.07) is 0. The second-order valence-corrected chi connectivity index (χ2v) is 5.43. The van der Waals surface area contributed by atoms with E-state index in [9.17, 15) is 13.2 Å². The highest BCUT2D eigenvalue weighted by Crippen LogP contribution is 2.09. The quantitative estimate of drug-likeness (QED) is 0.633. The Hall–Kier alpha value is -0.620. The van der Waals surface area contributed by atoms with Crippen molar-refractivity contribution in [2.75, 3.05) is 12.3 Å². The molecule has 14 heavy (non-hydrogen) atoms. The van der Waals surface area contributed by atoms with Gasteiger partial charge in [0.1, 0.15) is 0 Å². The molecule has 5 nitrogen and oxygen atoms in total. The van der Waals surface area contributed by atoms with Crippen molar-refractivity contribution in [3.05, 3.63) is 0 Å². The zero-order valence-electron chi connectivity index (χ0n) is 8.27. The standard InChI is InChI=1S/C8H17NO4S/c1-2-3-6-14(12,13)7(4-5-9)8(10)11/h7H,2-6,9H2,1H3,(H,10,11). The summed E-state index contributed by atoms with van der Waals surface area (Å²) in [4.78, 5) is 10.7. The lowest BCUT2D eigenvalue weighted by atomic mass is 10.3. The van der Waals surface area contributed by atoms with Gasteiger partial charge in [-0.2, -0.15) is 0 Å². The molecule has 0 saturated heterocycles. The Morgan fingerprint density at radius 3 is 2.43 bits per heavy atom. The molecule has 0 radical (unpaired) electrons. The van der Waals surface area contributed by atoms with Crippen LogP contribution in [0.25, 0.3) is 0 Å². The average Bonchev–Trinajstić information content (AvgIpc) is 2.10. The first-order valence-corrected chi connectivity index (χ1v) is 6.31. The van der Waals surface area contributed by atoms with Gasteiger partial charge in [-0.05, 0) is 19.4 Å². The molecule has 3 N–H and O–H groups in total. The van der Waals surface area contributed by atoms with Gasteiger partial charge in [-0.15, -0.1) is 0 Å². The number of carbonyl (C=O) groups is 1. The summed E-state index contributed by atoms with van der Waals surface area (Å²) < 4.78 is 23.0.